The van der Waals surface area contributed by atoms with E-state index in [4.69, 9.17) is 0 Å². The van der Waals surface area contributed by atoms with E-state index < -0.39 is 12.0 Å². The number of piperazine rings is 1. The number of hydrogen-bond donors (Lipinski definition) is 2. The summed E-state index contributed by atoms with van der Waals surface area (Å²) in [6.45, 7) is 5.35. The lowest BCUT2D eigenvalue weighted by Crippen LogP contribution is -3.29. The normalized spacial score (nSPS) is 23.5. The Morgan fingerprint density at radius 2 is 1.71 bits per heavy atom. The number of aryl methyl sites for hydroxylation is 1. The van der Waals surface area contributed by atoms with Crippen LogP contribution in [0.15, 0.2) is 24.3 Å². The van der Waals surface area contributed by atoms with Crippen LogP contribution >= 0.6 is 0 Å². The van der Waals surface area contributed by atoms with Crippen molar-refractivity contribution >= 4 is 11.8 Å². The Bertz CT molecular complexity index is 505. The van der Waals surface area contributed by atoms with Crippen LogP contribution in [0.2, 0.25) is 0 Å². The zero-order valence-corrected chi connectivity index (χ0v) is 12.6. The predicted octanol–water partition coefficient (Wildman–Crippen LogP) is -2.90. The number of carboxylic acids is 1. The Hall–Kier alpha value is -1.72. The molecule has 5 heteroatoms. The molecule has 2 N–H and O–H groups in total. The third-order valence-electron chi connectivity index (χ3n) is 4.29. The van der Waals surface area contributed by atoms with Gasteiger partial charge in [0.05, 0.1) is 19.4 Å². The molecule has 5 nitrogen and oxygen atoms in total. The van der Waals surface area contributed by atoms with Gasteiger partial charge in [-0.05, 0) is 6.92 Å². The third-order valence-corrected chi connectivity index (χ3v) is 4.29. The second-order valence-electron chi connectivity index (χ2n) is 5.98. The summed E-state index contributed by atoms with van der Waals surface area (Å²) < 4.78 is 0. The van der Waals surface area contributed by atoms with Crippen molar-refractivity contribution < 1.29 is 24.5 Å². The fourth-order valence-electron chi connectivity index (χ4n) is 2.78. The second-order valence-corrected chi connectivity index (χ2v) is 5.98. The number of carbonyl (C=O) groups excluding carboxylic acids is 2. The van der Waals surface area contributed by atoms with Gasteiger partial charge in [-0.25, -0.2) is 0 Å². The van der Waals surface area contributed by atoms with Crippen LogP contribution in [-0.2, 0) is 4.79 Å². The van der Waals surface area contributed by atoms with Crippen LogP contribution in [0, 0.1) is 6.92 Å². The van der Waals surface area contributed by atoms with Crippen molar-refractivity contribution in [1.82, 2.24) is 0 Å². The summed E-state index contributed by atoms with van der Waals surface area (Å²) in [6.07, 6.45) is 0.0137. The lowest BCUT2D eigenvalue weighted by atomic mass is 10.0. The first-order valence-electron chi connectivity index (χ1n) is 7.44. The molecule has 1 aliphatic rings. The SMILES string of the molecule is Cc1ccc(C(=O)C[C@@H](C(=O)[O-])[NH+]2CC[NH+](C)CC2)cc1. The van der Waals surface area contributed by atoms with E-state index in [1.165, 1.54) is 4.90 Å². The van der Waals surface area contributed by atoms with Gasteiger partial charge < -0.3 is 19.7 Å². The molecule has 0 unspecified atom stereocenters. The van der Waals surface area contributed by atoms with E-state index in [0.717, 1.165) is 36.6 Å². The molecule has 1 saturated heterocycles. The van der Waals surface area contributed by atoms with Gasteiger partial charge in [0.25, 0.3) is 0 Å². The van der Waals surface area contributed by atoms with Crippen molar-refractivity contribution in [2.24, 2.45) is 0 Å². The molecule has 1 fully saturated rings. The molecule has 0 saturated carbocycles. The summed E-state index contributed by atoms with van der Waals surface area (Å²) in [5.41, 5.74) is 1.65. The van der Waals surface area contributed by atoms with Gasteiger partial charge in [0.2, 0.25) is 0 Å². The molecule has 1 aliphatic heterocycles. The summed E-state index contributed by atoms with van der Waals surface area (Å²) in [4.78, 5) is 26.0. The van der Waals surface area contributed by atoms with E-state index in [0.29, 0.717) is 5.56 Å². The molecule has 0 amide bonds. The van der Waals surface area contributed by atoms with Crippen LogP contribution in [-0.4, -0.2) is 51.0 Å². The average molecular weight is 291 g/mol. The third kappa shape index (κ3) is 4.12. The van der Waals surface area contributed by atoms with E-state index in [-0.39, 0.29) is 12.2 Å². The van der Waals surface area contributed by atoms with Crippen LogP contribution in [0.25, 0.3) is 0 Å². The number of rotatable bonds is 5. The Morgan fingerprint density at radius 1 is 1.14 bits per heavy atom. The monoisotopic (exact) mass is 291 g/mol. The number of benzene rings is 1. The Labute approximate surface area is 125 Å². The average Bonchev–Trinajstić information content (AvgIpc) is 2.46. The minimum absolute atomic E-state index is 0.0137. The summed E-state index contributed by atoms with van der Waals surface area (Å²) in [5, 5.41) is 11.4. The number of aliphatic carboxylic acids is 1. The maximum atomic E-state index is 12.3. The van der Waals surface area contributed by atoms with Crippen molar-refractivity contribution in [1.29, 1.82) is 0 Å². The maximum Gasteiger partial charge on any atom is 0.169 e. The highest BCUT2D eigenvalue weighted by molar-refractivity contribution is 5.98. The van der Waals surface area contributed by atoms with Gasteiger partial charge in [0, 0.05) is 5.56 Å². The number of ketones is 1. The quantitative estimate of drug-likeness (QED) is 0.572. The lowest BCUT2D eigenvalue weighted by Gasteiger charge is -2.33. The number of hydrogen-bond acceptors (Lipinski definition) is 3. The summed E-state index contributed by atoms with van der Waals surface area (Å²) >= 11 is 0. The smallest absolute Gasteiger partial charge is 0.169 e. The number of carbonyl (C=O) groups is 2. The molecule has 0 radical (unpaired) electrons. The zero-order chi connectivity index (χ0) is 15.4. The van der Waals surface area contributed by atoms with Gasteiger partial charge in [-0.2, -0.15) is 0 Å². The predicted molar refractivity (Wildman–Crippen MR) is 76.2 cm³/mol. The highest BCUT2D eigenvalue weighted by atomic mass is 16.4. The van der Waals surface area contributed by atoms with Crippen molar-refractivity contribution in [2.45, 2.75) is 19.4 Å². The molecule has 0 bridgehead atoms. The van der Waals surface area contributed by atoms with E-state index in [1.54, 1.807) is 12.1 Å². The van der Waals surface area contributed by atoms with E-state index in [9.17, 15) is 14.7 Å². The Morgan fingerprint density at radius 3 is 2.24 bits per heavy atom. The number of likely N-dealkylation sites (N-methyl/N-ethyl adjacent to an activating group) is 1. The van der Waals surface area contributed by atoms with Gasteiger partial charge in [-0.1, -0.05) is 29.8 Å². The van der Waals surface area contributed by atoms with Crippen LogP contribution in [0.5, 0.6) is 0 Å². The van der Waals surface area contributed by atoms with Gasteiger partial charge in [-0.15, -0.1) is 0 Å². The maximum absolute atomic E-state index is 12.3. The first kappa shape index (κ1) is 15.7. The number of Topliss-reactive ketones (excluding diaryl/α,β-unsaturated/α-hetero) is 1. The minimum atomic E-state index is -1.12. The molecule has 0 aromatic heterocycles. The molecular formula is C16H23N2O3+. The van der Waals surface area contributed by atoms with E-state index in [1.807, 2.05) is 19.1 Å². The standard InChI is InChI=1S/C16H22N2O3/c1-12-3-5-13(6-4-12)15(19)11-14(16(20)21)18-9-7-17(2)8-10-18/h3-6,14H,7-11H2,1-2H3,(H,20,21)/p+1/t14-/m0/s1. The Balaban J connectivity index is 2.04. The van der Waals surface area contributed by atoms with Crippen LogP contribution in [0.4, 0.5) is 0 Å². The lowest BCUT2D eigenvalue weighted by molar-refractivity contribution is -1.01. The fourth-order valence-corrected chi connectivity index (χ4v) is 2.78. The molecule has 21 heavy (non-hydrogen) atoms. The van der Waals surface area contributed by atoms with Gasteiger partial charge >= 0.3 is 0 Å². The second kappa shape index (κ2) is 6.83. The van der Waals surface area contributed by atoms with Crippen LogP contribution in [0.1, 0.15) is 22.3 Å². The van der Waals surface area contributed by atoms with Gasteiger partial charge in [0.15, 0.2) is 5.78 Å². The molecule has 114 valence electrons. The van der Waals surface area contributed by atoms with Crippen molar-refractivity contribution in [3.8, 4) is 0 Å². The molecule has 2 rings (SSSR count). The first-order valence-corrected chi connectivity index (χ1v) is 7.44. The number of quaternary nitrogens is 2. The topological polar surface area (TPSA) is 66.1 Å². The highest BCUT2D eigenvalue weighted by Crippen LogP contribution is 2.07. The molecule has 0 aliphatic carbocycles. The molecule has 0 spiro atoms. The zero-order valence-electron chi connectivity index (χ0n) is 12.6. The van der Waals surface area contributed by atoms with Crippen molar-refractivity contribution in [2.75, 3.05) is 33.2 Å². The highest BCUT2D eigenvalue weighted by Gasteiger charge is 2.30. The van der Waals surface area contributed by atoms with Crippen LogP contribution in [0.3, 0.4) is 0 Å². The minimum Gasteiger partial charge on any atom is -0.544 e. The summed E-state index contributed by atoms with van der Waals surface area (Å²) in [6, 6.07) is 6.51. The number of carboxylic acid groups (broad SMARTS) is 1. The van der Waals surface area contributed by atoms with Crippen molar-refractivity contribution in [3.05, 3.63) is 35.4 Å². The van der Waals surface area contributed by atoms with E-state index >= 15 is 0 Å². The first-order chi connectivity index (χ1) is 9.97. The molecule has 1 heterocycles. The van der Waals surface area contributed by atoms with Gasteiger partial charge in [-0.3, -0.25) is 4.79 Å². The van der Waals surface area contributed by atoms with E-state index in [2.05, 4.69) is 7.05 Å². The molecule has 1 aromatic carbocycles. The molecule has 1 atom stereocenters. The van der Waals surface area contributed by atoms with Gasteiger partial charge in [0.1, 0.15) is 32.2 Å². The fraction of sp³-hybridized carbons (Fsp3) is 0.500. The molecule has 1 aromatic rings. The summed E-state index contributed by atoms with van der Waals surface area (Å²) in [7, 11) is 2.10. The summed E-state index contributed by atoms with van der Waals surface area (Å²) in [5.74, 6) is -1.24. The largest absolute Gasteiger partial charge is 0.544 e. The van der Waals surface area contributed by atoms with Crippen molar-refractivity contribution in [3.63, 3.8) is 0 Å². The Kier molecular flexibility index (Phi) is 5.09. The number of nitrogens with one attached hydrogen (secondary N) is 2. The van der Waals surface area contributed by atoms with Crippen LogP contribution < -0.4 is 14.9 Å². The molecular weight excluding hydrogens is 268 g/mol.